The van der Waals surface area contributed by atoms with Gasteiger partial charge in [0.15, 0.2) is 21.4 Å². The minimum Gasteiger partial charge on any atom is -0.453 e. The number of hydrogen-bond donors (Lipinski definition) is 1. The maximum absolute atomic E-state index is 11.8. The molecule has 0 unspecified atom stereocenters. The van der Waals surface area contributed by atoms with Gasteiger partial charge in [0, 0.05) is 27.8 Å². The molecule has 5 nitrogen and oxygen atoms in total. The number of aromatic nitrogens is 2. The minimum absolute atomic E-state index is 0.261. The van der Waals surface area contributed by atoms with Crippen molar-refractivity contribution >= 4 is 32.4 Å². The molecule has 154 valence electrons. The van der Waals surface area contributed by atoms with Gasteiger partial charge in [-0.05, 0) is 36.4 Å². The molecule has 1 N–H and O–H groups in total. The van der Waals surface area contributed by atoms with Gasteiger partial charge >= 0.3 is 0 Å². The van der Waals surface area contributed by atoms with E-state index in [2.05, 4.69) is 4.98 Å². The van der Waals surface area contributed by atoms with Gasteiger partial charge in [-0.3, -0.25) is 0 Å². The minimum atomic E-state index is -3.28. The largest absolute Gasteiger partial charge is 0.453 e. The fourth-order valence-corrected chi connectivity index (χ4v) is 4.24. The molecule has 0 aliphatic carbocycles. The molecule has 0 spiro atoms. The number of furan rings is 1. The van der Waals surface area contributed by atoms with Crippen LogP contribution >= 0.6 is 11.6 Å². The Morgan fingerprint density at radius 1 is 0.903 bits per heavy atom. The normalized spacial score (nSPS) is 11.8. The molecule has 5 rings (SSSR count). The van der Waals surface area contributed by atoms with Crippen LogP contribution in [0.25, 0.3) is 45.1 Å². The second-order valence-electron chi connectivity index (χ2n) is 7.26. The van der Waals surface area contributed by atoms with Crippen molar-refractivity contribution in [3.8, 4) is 34.1 Å². The number of sulfone groups is 1. The van der Waals surface area contributed by atoms with E-state index in [-0.39, 0.29) is 4.90 Å². The van der Waals surface area contributed by atoms with Crippen molar-refractivity contribution in [2.75, 3.05) is 6.26 Å². The molecule has 0 aliphatic heterocycles. The lowest BCUT2D eigenvalue weighted by atomic mass is 10.1. The van der Waals surface area contributed by atoms with Crippen LogP contribution in [0, 0.1) is 0 Å². The molecule has 0 radical (unpaired) electrons. The number of aromatic amines is 1. The van der Waals surface area contributed by atoms with Crippen molar-refractivity contribution in [3.05, 3.63) is 83.9 Å². The Labute approximate surface area is 184 Å². The Bertz CT molecular complexity index is 1470. The van der Waals surface area contributed by atoms with E-state index in [1.54, 1.807) is 24.3 Å². The Hall–Kier alpha value is -3.35. The molecule has 7 heteroatoms. The van der Waals surface area contributed by atoms with Crippen LogP contribution in [0.3, 0.4) is 0 Å². The molecule has 0 amide bonds. The molecule has 0 saturated carbocycles. The third-order valence-electron chi connectivity index (χ3n) is 5.05. The van der Waals surface area contributed by atoms with Crippen LogP contribution in [-0.2, 0) is 9.84 Å². The zero-order valence-electron chi connectivity index (χ0n) is 16.5. The third kappa shape index (κ3) is 3.76. The number of nitrogens with zero attached hydrogens (tertiary/aromatic N) is 1. The van der Waals surface area contributed by atoms with E-state index >= 15 is 0 Å². The quantitative estimate of drug-likeness (QED) is 0.354. The highest BCUT2D eigenvalue weighted by Crippen LogP contribution is 2.35. The number of imidazole rings is 1. The first-order valence-corrected chi connectivity index (χ1v) is 11.8. The van der Waals surface area contributed by atoms with Crippen LogP contribution in [0.15, 0.2) is 88.2 Å². The number of H-pyrrole nitrogens is 1. The Kier molecular flexibility index (Phi) is 4.68. The van der Waals surface area contributed by atoms with E-state index in [4.69, 9.17) is 21.0 Å². The molecule has 0 saturated heterocycles. The monoisotopic (exact) mass is 448 g/mol. The molecule has 0 aliphatic rings. The third-order valence-corrected chi connectivity index (χ3v) is 6.43. The summed E-state index contributed by atoms with van der Waals surface area (Å²) in [7, 11) is -3.28. The van der Waals surface area contributed by atoms with Crippen molar-refractivity contribution in [1.29, 1.82) is 0 Å². The summed E-state index contributed by atoms with van der Waals surface area (Å²) in [6.45, 7) is 0. The molecule has 0 fully saturated rings. The number of halogens is 1. The predicted molar refractivity (Wildman–Crippen MR) is 123 cm³/mol. The standard InChI is InChI=1S/C24H17ClN2O3S/c1-31(28,29)19-12-8-16(9-13-19)23-22(15-6-10-18(25)11-7-15)26-24(27-23)21-14-17-4-2-3-5-20(17)30-21/h2-14H,1H3,(H,26,27). The first-order chi connectivity index (χ1) is 14.9. The number of para-hydroxylation sites is 1. The summed E-state index contributed by atoms with van der Waals surface area (Å²) in [5.74, 6) is 1.21. The lowest BCUT2D eigenvalue weighted by Crippen LogP contribution is -1.96. The van der Waals surface area contributed by atoms with E-state index < -0.39 is 9.84 Å². The summed E-state index contributed by atoms with van der Waals surface area (Å²) in [5, 5.41) is 1.63. The van der Waals surface area contributed by atoms with Gasteiger partial charge in [-0.15, -0.1) is 0 Å². The van der Waals surface area contributed by atoms with E-state index in [0.717, 1.165) is 27.8 Å². The number of benzene rings is 3. The van der Waals surface area contributed by atoms with Crippen LogP contribution in [0.5, 0.6) is 0 Å². The van der Waals surface area contributed by atoms with Crippen LogP contribution in [0.2, 0.25) is 5.02 Å². The summed E-state index contributed by atoms with van der Waals surface area (Å²) in [4.78, 5) is 8.44. The van der Waals surface area contributed by atoms with Gasteiger partial charge in [0.05, 0.1) is 16.3 Å². The van der Waals surface area contributed by atoms with E-state index in [1.807, 2.05) is 54.6 Å². The van der Waals surface area contributed by atoms with Crippen molar-refractivity contribution < 1.29 is 12.8 Å². The van der Waals surface area contributed by atoms with Crippen LogP contribution in [-0.4, -0.2) is 24.6 Å². The van der Waals surface area contributed by atoms with Crippen molar-refractivity contribution in [3.63, 3.8) is 0 Å². The average Bonchev–Trinajstić information content (AvgIpc) is 3.38. The maximum Gasteiger partial charge on any atom is 0.175 e. The number of fused-ring (bicyclic) bond motifs is 1. The molecule has 3 aromatic carbocycles. The maximum atomic E-state index is 11.8. The van der Waals surface area contributed by atoms with Crippen LogP contribution < -0.4 is 0 Å². The number of nitrogens with one attached hydrogen (secondary N) is 1. The summed E-state index contributed by atoms with van der Waals surface area (Å²) in [6.07, 6.45) is 1.19. The molecular formula is C24H17ClN2O3S. The van der Waals surface area contributed by atoms with Gasteiger partial charge in [0.1, 0.15) is 5.58 Å². The molecule has 0 bridgehead atoms. The summed E-state index contributed by atoms with van der Waals surface area (Å²) in [5.41, 5.74) is 3.95. The molecule has 31 heavy (non-hydrogen) atoms. The first kappa shape index (κ1) is 19.6. The summed E-state index contributed by atoms with van der Waals surface area (Å²) >= 11 is 6.06. The van der Waals surface area contributed by atoms with Gasteiger partial charge in [-0.2, -0.15) is 0 Å². The Morgan fingerprint density at radius 3 is 2.26 bits per heavy atom. The van der Waals surface area contributed by atoms with E-state index in [9.17, 15) is 8.42 Å². The highest BCUT2D eigenvalue weighted by atomic mass is 35.5. The van der Waals surface area contributed by atoms with Gasteiger partial charge in [0.2, 0.25) is 0 Å². The molecule has 5 aromatic rings. The smallest absolute Gasteiger partial charge is 0.175 e. The highest BCUT2D eigenvalue weighted by molar-refractivity contribution is 7.90. The average molecular weight is 449 g/mol. The van der Waals surface area contributed by atoms with Crippen LogP contribution in [0.1, 0.15) is 0 Å². The fraction of sp³-hybridized carbons (Fsp3) is 0.0417. The lowest BCUT2D eigenvalue weighted by Gasteiger charge is -2.05. The SMILES string of the molecule is CS(=O)(=O)c1ccc(-c2nc(-c3cc4ccccc4o3)[nH]c2-c2ccc(Cl)cc2)cc1. The van der Waals surface area contributed by atoms with E-state index in [0.29, 0.717) is 22.3 Å². The lowest BCUT2D eigenvalue weighted by molar-refractivity contribution is 0.602. The number of rotatable bonds is 4. The molecule has 0 atom stereocenters. The zero-order chi connectivity index (χ0) is 21.6. The molecule has 2 heterocycles. The molecular weight excluding hydrogens is 432 g/mol. The van der Waals surface area contributed by atoms with Crippen molar-refractivity contribution in [2.45, 2.75) is 4.90 Å². The van der Waals surface area contributed by atoms with Gasteiger partial charge < -0.3 is 9.40 Å². The summed E-state index contributed by atoms with van der Waals surface area (Å²) < 4.78 is 29.6. The van der Waals surface area contributed by atoms with Gasteiger partial charge in [-0.1, -0.05) is 54.1 Å². The predicted octanol–water partition coefficient (Wildman–Crippen LogP) is 6.21. The Balaban J connectivity index is 1.67. The van der Waals surface area contributed by atoms with Gasteiger partial charge in [-0.25, -0.2) is 13.4 Å². The van der Waals surface area contributed by atoms with Crippen molar-refractivity contribution in [1.82, 2.24) is 9.97 Å². The van der Waals surface area contributed by atoms with Gasteiger partial charge in [0.25, 0.3) is 0 Å². The summed E-state index contributed by atoms with van der Waals surface area (Å²) in [6, 6.07) is 23.9. The van der Waals surface area contributed by atoms with Crippen molar-refractivity contribution in [2.24, 2.45) is 0 Å². The fourth-order valence-electron chi connectivity index (χ4n) is 3.48. The highest BCUT2D eigenvalue weighted by Gasteiger charge is 2.18. The molecule has 2 aromatic heterocycles. The second-order valence-corrected chi connectivity index (χ2v) is 9.71. The zero-order valence-corrected chi connectivity index (χ0v) is 18.0. The topological polar surface area (TPSA) is 76.0 Å². The van der Waals surface area contributed by atoms with E-state index in [1.165, 1.54) is 6.26 Å². The first-order valence-electron chi connectivity index (χ1n) is 9.54. The van der Waals surface area contributed by atoms with Crippen LogP contribution in [0.4, 0.5) is 0 Å². The number of hydrogen-bond acceptors (Lipinski definition) is 4. The Morgan fingerprint density at radius 2 is 1.58 bits per heavy atom. The second kappa shape index (κ2) is 7.41.